The zero-order chi connectivity index (χ0) is 15.7. The van der Waals surface area contributed by atoms with Gasteiger partial charge in [-0.1, -0.05) is 0 Å². The highest BCUT2D eigenvalue weighted by atomic mass is 32.2. The van der Waals surface area contributed by atoms with Crippen molar-refractivity contribution in [1.82, 2.24) is 4.31 Å². The van der Waals surface area contributed by atoms with Gasteiger partial charge in [-0.25, -0.2) is 12.8 Å². The smallest absolute Gasteiger partial charge is 0.243 e. The van der Waals surface area contributed by atoms with E-state index in [1.54, 1.807) is 18.7 Å². The minimum Gasteiger partial charge on any atom is -0.396 e. The van der Waals surface area contributed by atoms with Gasteiger partial charge in [0.2, 0.25) is 10.0 Å². The van der Waals surface area contributed by atoms with Crippen LogP contribution in [-0.2, 0) is 10.0 Å². The van der Waals surface area contributed by atoms with Crippen LogP contribution in [0.5, 0.6) is 0 Å². The Labute approximate surface area is 124 Å². The molecule has 1 atom stereocenters. The first-order valence-corrected chi connectivity index (χ1v) is 9.00. The van der Waals surface area contributed by atoms with Gasteiger partial charge in [0.25, 0.3) is 0 Å². The van der Waals surface area contributed by atoms with Crippen molar-refractivity contribution >= 4 is 27.5 Å². The molecule has 4 nitrogen and oxygen atoms in total. The molecule has 0 bridgehead atoms. The van der Waals surface area contributed by atoms with E-state index in [0.717, 1.165) is 0 Å². The van der Waals surface area contributed by atoms with Crippen molar-refractivity contribution in [2.75, 3.05) is 24.8 Å². The number of hydrogen-bond acceptors (Lipinski definition) is 4. The summed E-state index contributed by atoms with van der Waals surface area (Å²) in [6.07, 6.45) is 1.92. The highest BCUT2D eigenvalue weighted by Crippen LogP contribution is 2.30. The zero-order valence-corrected chi connectivity index (χ0v) is 14.0. The number of halogens is 1. The molecule has 1 aromatic carbocycles. The largest absolute Gasteiger partial charge is 0.396 e. The minimum atomic E-state index is -3.69. The van der Waals surface area contributed by atoms with Crippen LogP contribution in [0.4, 0.5) is 10.1 Å². The number of nitrogens with two attached hydrogens (primary N) is 1. The van der Waals surface area contributed by atoms with Crippen LogP contribution in [0.1, 0.15) is 18.1 Å². The molecular formula is C13H21FN2O2S2. The summed E-state index contributed by atoms with van der Waals surface area (Å²) < 4.78 is 40.3. The topological polar surface area (TPSA) is 63.4 Å². The summed E-state index contributed by atoms with van der Waals surface area (Å²) in [4.78, 5) is 0.104. The lowest BCUT2D eigenvalue weighted by Gasteiger charge is -2.26. The fraction of sp³-hybridized carbons (Fsp3) is 0.538. The Bertz CT molecular complexity index is 603. The van der Waals surface area contributed by atoms with Gasteiger partial charge in [-0.3, -0.25) is 0 Å². The van der Waals surface area contributed by atoms with Gasteiger partial charge in [-0.15, -0.1) is 0 Å². The van der Waals surface area contributed by atoms with Crippen LogP contribution in [0.3, 0.4) is 0 Å². The zero-order valence-electron chi connectivity index (χ0n) is 12.4. The standard InChI is InChI=1S/C13H21FN2O2S2/c1-8-6-11(14)12(15)10(3)13(8)20(17,18)16(4)9(2)7-19-5/h6,9H,7,15H2,1-5H3. The molecule has 0 fully saturated rings. The third kappa shape index (κ3) is 3.10. The van der Waals surface area contributed by atoms with Crippen LogP contribution in [0.15, 0.2) is 11.0 Å². The maximum Gasteiger partial charge on any atom is 0.243 e. The maximum atomic E-state index is 13.6. The Morgan fingerprint density at radius 1 is 1.45 bits per heavy atom. The van der Waals surface area contributed by atoms with Gasteiger partial charge >= 0.3 is 0 Å². The molecule has 0 heterocycles. The van der Waals surface area contributed by atoms with Gasteiger partial charge in [0, 0.05) is 18.8 Å². The van der Waals surface area contributed by atoms with Crippen molar-refractivity contribution in [3.63, 3.8) is 0 Å². The Hall–Kier alpha value is -0.790. The lowest BCUT2D eigenvalue weighted by Crippen LogP contribution is -2.37. The van der Waals surface area contributed by atoms with E-state index in [2.05, 4.69) is 0 Å². The lowest BCUT2D eigenvalue weighted by molar-refractivity contribution is 0.414. The molecule has 0 radical (unpaired) electrons. The molecule has 2 N–H and O–H groups in total. The maximum absolute atomic E-state index is 13.6. The number of benzene rings is 1. The molecule has 1 rings (SSSR count). The molecule has 1 unspecified atom stereocenters. The molecule has 114 valence electrons. The first-order valence-electron chi connectivity index (χ1n) is 6.16. The molecule has 0 saturated heterocycles. The second-order valence-corrected chi connectivity index (χ2v) is 7.71. The third-order valence-corrected chi connectivity index (χ3v) is 6.45. The van der Waals surface area contributed by atoms with Crippen LogP contribution in [0.2, 0.25) is 0 Å². The number of rotatable bonds is 5. The predicted molar refractivity (Wildman–Crippen MR) is 83.1 cm³/mol. The second kappa shape index (κ2) is 6.32. The van der Waals surface area contributed by atoms with E-state index in [1.807, 2.05) is 13.2 Å². The summed E-state index contributed by atoms with van der Waals surface area (Å²) in [5.41, 5.74) is 6.15. The normalized spacial score (nSPS) is 13.8. The molecule has 0 saturated carbocycles. The number of sulfonamides is 1. The van der Waals surface area contributed by atoms with Gasteiger partial charge in [0.1, 0.15) is 5.82 Å². The van der Waals surface area contributed by atoms with E-state index < -0.39 is 15.8 Å². The summed E-state index contributed by atoms with van der Waals surface area (Å²) in [6, 6.07) is 1.02. The first kappa shape index (κ1) is 17.3. The molecule has 20 heavy (non-hydrogen) atoms. The average molecular weight is 320 g/mol. The van der Waals surface area contributed by atoms with Crippen molar-refractivity contribution in [3.8, 4) is 0 Å². The van der Waals surface area contributed by atoms with Crippen LogP contribution in [-0.4, -0.2) is 37.8 Å². The minimum absolute atomic E-state index is 0.104. The molecule has 0 aliphatic rings. The Balaban J connectivity index is 3.40. The monoisotopic (exact) mass is 320 g/mol. The van der Waals surface area contributed by atoms with Gasteiger partial charge < -0.3 is 5.73 Å². The van der Waals surface area contributed by atoms with Gasteiger partial charge in [-0.05, 0) is 44.2 Å². The van der Waals surface area contributed by atoms with Gasteiger partial charge in [-0.2, -0.15) is 16.1 Å². The van der Waals surface area contributed by atoms with Crippen LogP contribution >= 0.6 is 11.8 Å². The van der Waals surface area contributed by atoms with Gasteiger partial charge in [0.05, 0.1) is 10.6 Å². The summed E-state index contributed by atoms with van der Waals surface area (Å²) in [5, 5.41) is 0. The molecule has 0 aliphatic heterocycles. The number of anilines is 1. The SMILES string of the molecule is CSCC(C)N(C)S(=O)(=O)c1c(C)cc(F)c(N)c1C. The summed E-state index contributed by atoms with van der Waals surface area (Å²) >= 11 is 1.57. The van der Waals surface area contributed by atoms with E-state index >= 15 is 0 Å². The van der Waals surface area contributed by atoms with E-state index in [0.29, 0.717) is 11.3 Å². The summed E-state index contributed by atoms with van der Waals surface area (Å²) in [7, 11) is -2.15. The molecule has 0 amide bonds. The Kier molecular flexibility index (Phi) is 5.46. The first-order chi connectivity index (χ1) is 9.14. The van der Waals surface area contributed by atoms with E-state index in [4.69, 9.17) is 5.73 Å². The summed E-state index contributed by atoms with van der Waals surface area (Å²) in [6.45, 7) is 4.95. The number of nitrogens with zero attached hydrogens (tertiary/aromatic N) is 1. The number of aryl methyl sites for hydroxylation is 1. The molecule has 0 aromatic heterocycles. The second-order valence-electron chi connectivity index (χ2n) is 4.87. The fourth-order valence-corrected chi connectivity index (χ4v) is 4.65. The highest BCUT2D eigenvalue weighted by Gasteiger charge is 2.29. The lowest BCUT2D eigenvalue weighted by atomic mass is 10.1. The molecule has 1 aromatic rings. The summed E-state index contributed by atoms with van der Waals surface area (Å²) in [5.74, 6) is 0.101. The van der Waals surface area contributed by atoms with Crippen LogP contribution < -0.4 is 5.73 Å². The predicted octanol–water partition coefficient (Wildman–Crippen LogP) is 2.40. The van der Waals surface area contributed by atoms with Crippen LogP contribution in [0, 0.1) is 19.7 Å². The number of nitrogen functional groups attached to an aromatic ring is 1. The van der Waals surface area contributed by atoms with Crippen molar-refractivity contribution in [1.29, 1.82) is 0 Å². The highest BCUT2D eigenvalue weighted by molar-refractivity contribution is 7.98. The Morgan fingerprint density at radius 3 is 2.50 bits per heavy atom. The Morgan fingerprint density at radius 2 is 2.00 bits per heavy atom. The fourth-order valence-electron chi connectivity index (χ4n) is 2.05. The number of thioether (sulfide) groups is 1. The molecular weight excluding hydrogens is 299 g/mol. The van der Waals surface area contributed by atoms with Crippen molar-refractivity contribution in [2.24, 2.45) is 0 Å². The average Bonchev–Trinajstić information content (AvgIpc) is 2.35. The molecule has 0 spiro atoms. The van der Waals surface area contributed by atoms with E-state index in [1.165, 1.54) is 24.3 Å². The quantitative estimate of drug-likeness (QED) is 0.846. The number of hydrogen-bond donors (Lipinski definition) is 1. The van der Waals surface area contributed by atoms with Gasteiger partial charge in [0.15, 0.2) is 0 Å². The van der Waals surface area contributed by atoms with Crippen molar-refractivity contribution < 1.29 is 12.8 Å². The third-order valence-electron chi connectivity index (χ3n) is 3.37. The van der Waals surface area contributed by atoms with Crippen molar-refractivity contribution in [3.05, 3.63) is 23.0 Å². The van der Waals surface area contributed by atoms with Crippen LogP contribution in [0.25, 0.3) is 0 Å². The molecule has 0 aliphatic carbocycles. The molecule has 7 heteroatoms. The van der Waals surface area contributed by atoms with E-state index in [-0.39, 0.29) is 22.2 Å². The van der Waals surface area contributed by atoms with Crippen molar-refractivity contribution in [2.45, 2.75) is 31.7 Å². The van der Waals surface area contributed by atoms with E-state index in [9.17, 15) is 12.8 Å².